The molecule has 0 spiro atoms. The van der Waals surface area contributed by atoms with Gasteiger partial charge in [0.1, 0.15) is 0 Å². The van der Waals surface area contributed by atoms with Gasteiger partial charge < -0.3 is 5.73 Å². The predicted molar refractivity (Wildman–Crippen MR) is 54.6 cm³/mol. The van der Waals surface area contributed by atoms with Gasteiger partial charge in [0.15, 0.2) is 0 Å². The van der Waals surface area contributed by atoms with Crippen molar-refractivity contribution in [2.75, 3.05) is 5.73 Å². The lowest BCUT2D eigenvalue weighted by molar-refractivity contribution is 0.592. The third kappa shape index (κ3) is 1.72. The van der Waals surface area contributed by atoms with E-state index in [0.717, 1.165) is 5.56 Å². The van der Waals surface area contributed by atoms with E-state index in [4.69, 9.17) is 17.3 Å². The summed E-state index contributed by atoms with van der Waals surface area (Å²) >= 11 is 5.89. The van der Waals surface area contributed by atoms with Crippen molar-refractivity contribution in [3.8, 4) is 0 Å². The first kappa shape index (κ1) is 9.40. The zero-order valence-corrected chi connectivity index (χ0v) is 8.44. The molecule has 1 aromatic rings. The van der Waals surface area contributed by atoms with Crippen molar-refractivity contribution in [2.24, 2.45) is 0 Å². The minimum absolute atomic E-state index is 0.0645. The molecule has 0 saturated heterocycles. The maximum atomic E-state index is 5.89. The highest BCUT2D eigenvalue weighted by Crippen LogP contribution is 2.31. The number of anilines is 1. The van der Waals surface area contributed by atoms with Gasteiger partial charge in [0.2, 0.25) is 0 Å². The summed E-state index contributed by atoms with van der Waals surface area (Å²) in [6.45, 7) is 6.36. The lowest BCUT2D eigenvalue weighted by atomic mass is 9.86. The van der Waals surface area contributed by atoms with Gasteiger partial charge in [-0.2, -0.15) is 0 Å². The average Bonchev–Trinajstić information content (AvgIpc) is 1.92. The van der Waals surface area contributed by atoms with Crippen LogP contribution in [0.2, 0.25) is 5.02 Å². The van der Waals surface area contributed by atoms with Crippen LogP contribution >= 0.6 is 11.6 Å². The van der Waals surface area contributed by atoms with Crippen LogP contribution < -0.4 is 5.73 Å². The molecule has 0 amide bonds. The quantitative estimate of drug-likeness (QED) is 0.615. The van der Waals surface area contributed by atoms with E-state index in [2.05, 4.69) is 20.8 Å². The minimum atomic E-state index is 0.0645. The summed E-state index contributed by atoms with van der Waals surface area (Å²) in [5, 5.41) is 0.641. The van der Waals surface area contributed by atoms with Crippen molar-refractivity contribution in [2.45, 2.75) is 26.2 Å². The number of nitrogens with two attached hydrogens (primary N) is 1. The van der Waals surface area contributed by atoms with E-state index in [1.807, 2.05) is 18.2 Å². The molecule has 0 atom stereocenters. The second-order valence-corrected chi connectivity index (χ2v) is 4.36. The third-order valence-corrected chi connectivity index (χ3v) is 2.19. The van der Waals surface area contributed by atoms with E-state index in [0.29, 0.717) is 10.7 Å². The lowest BCUT2D eigenvalue weighted by Crippen LogP contribution is -2.13. The molecule has 66 valence electrons. The van der Waals surface area contributed by atoms with Crippen LogP contribution in [0.4, 0.5) is 5.69 Å². The van der Waals surface area contributed by atoms with E-state index in [1.165, 1.54) is 0 Å². The normalized spacial score (nSPS) is 11.7. The summed E-state index contributed by atoms with van der Waals surface area (Å²) in [6, 6.07) is 5.76. The Labute approximate surface area is 78.5 Å². The third-order valence-electron chi connectivity index (χ3n) is 1.86. The van der Waals surface area contributed by atoms with E-state index in [-0.39, 0.29) is 5.41 Å². The van der Waals surface area contributed by atoms with Crippen molar-refractivity contribution in [3.63, 3.8) is 0 Å². The summed E-state index contributed by atoms with van der Waals surface area (Å²) in [5.74, 6) is 0. The molecule has 0 aliphatic carbocycles. The van der Waals surface area contributed by atoms with Crippen LogP contribution in [0.25, 0.3) is 0 Å². The zero-order chi connectivity index (χ0) is 9.35. The van der Waals surface area contributed by atoms with Crippen molar-refractivity contribution in [1.82, 2.24) is 0 Å². The highest BCUT2D eigenvalue weighted by molar-refractivity contribution is 6.33. The number of nitrogen functional groups attached to an aromatic ring is 1. The molecule has 0 unspecified atom stereocenters. The molecule has 0 fully saturated rings. The molecule has 0 aliphatic heterocycles. The van der Waals surface area contributed by atoms with Gasteiger partial charge in [0, 0.05) is 0 Å². The summed E-state index contributed by atoms with van der Waals surface area (Å²) in [4.78, 5) is 0. The van der Waals surface area contributed by atoms with Gasteiger partial charge in [-0.05, 0) is 17.0 Å². The Morgan fingerprint density at radius 1 is 1.25 bits per heavy atom. The summed E-state index contributed by atoms with van der Waals surface area (Å²) < 4.78 is 0. The number of hydrogen-bond donors (Lipinski definition) is 1. The summed E-state index contributed by atoms with van der Waals surface area (Å²) in [7, 11) is 0. The van der Waals surface area contributed by atoms with Crippen LogP contribution in [0.3, 0.4) is 0 Å². The molecule has 0 heterocycles. The van der Waals surface area contributed by atoms with E-state index < -0.39 is 0 Å². The molecular formula is C10H14ClN. The number of hydrogen-bond acceptors (Lipinski definition) is 1. The van der Waals surface area contributed by atoms with Crippen LogP contribution in [0.5, 0.6) is 0 Å². The highest BCUT2D eigenvalue weighted by atomic mass is 35.5. The van der Waals surface area contributed by atoms with E-state index in [9.17, 15) is 0 Å². The molecule has 1 nitrogen and oxygen atoms in total. The molecule has 0 bridgehead atoms. The largest absolute Gasteiger partial charge is 0.397 e. The second-order valence-electron chi connectivity index (χ2n) is 3.95. The Bertz CT molecular complexity index is 286. The molecule has 0 saturated carbocycles. The Balaban J connectivity index is 3.26. The fourth-order valence-corrected chi connectivity index (χ4v) is 1.37. The summed E-state index contributed by atoms with van der Waals surface area (Å²) in [6.07, 6.45) is 0. The Morgan fingerprint density at radius 2 is 1.83 bits per heavy atom. The van der Waals surface area contributed by atoms with Crippen LogP contribution in [0.15, 0.2) is 18.2 Å². The van der Waals surface area contributed by atoms with Gasteiger partial charge in [-0.3, -0.25) is 0 Å². The SMILES string of the molecule is CC(C)(C)c1cccc(Cl)c1N. The molecule has 0 aromatic heterocycles. The standard InChI is InChI=1S/C10H14ClN/c1-10(2,3)7-5-4-6-8(11)9(7)12/h4-6H,12H2,1-3H3. The van der Waals surface area contributed by atoms with Crippen LogP contribution in [-0.2, 0) is 5.41 Å². The second kappa shape index (κ2) is 2.98. The molecule has 0 radical (unpaired) electrons. The maximum Gasteiger partial charge on any atom is 0.0638 e. The highest BCUT2D eigenvalue weighted by Gasteiger charge is 2.17. The molecule has 2 heteroatoms. The number of benzene rings is 1. The van der Waals surface area contributed by atoms with E-state index in [1.54, 1.807) is 0 Å². The molecule has 2 N–H and O–H groups in total. The number of para-hydroxylation sites is 1. The van der Waals surface area contributed by atoms with Crippen molar-refractivity contribution >= 4 is 17.3 Å². The van der Waals surface area contributed by atoms with Crippen molar-refractivity contribution in [3.05, 3.63) is 28.8 Å². The average molecular weight is 184 g/mol. The first-order valence-corrected chi connectivity index (χ1v) is 4.35. The number of halogens is 1. The minimum Gasteiger partial charge on any atom is -0.397 e. The Morgan fingerprint density at radius 3 is 2.25 bits per heavy atom. The van der Waals surface area contributed by atoms with Gasteiger partial charge in [-0.25, -0.2) is 0 Å². The summed E-state index contributed by atoms with van der Waals surface area (Å²) in [5.41, 5.74) is 7.71. The van der Waals surface area contributed by atoms with Gasteiger partial charge in [-0.15, -0.1) is 0 Å². The van der Waals surface area contributed by atoms with Gasteiger partial charge in [0.25, 0.3) is 0 Å². The van der Waals surface area contributed by atoms with Crippen LogP contribution in [0.1, 0.15) is 26.3 Å². The predicted octanol–water partition coefficient (Wildman–Crippen LogP) is 3.22. The van der Waals surface area contributed by atoms with E-state index >= 15 is 0 Å². The molecule has 1 rings (SSSR count). The fourth-order valence-electron chi connectivity index (χ4n) is 1.19. The molecular weight excluding hydrogens is 170 g/mol. The van der Waals surface area contributed by atoms with Crippen molar-refractivity contribution in [1.29, 1.82) is 0 Å². The van der Waals surface area contributed by atoms with Crippen LogP contribution in [0, 0.1) is 0 Å². The van der Waals surface area contributed by atoms with Gasteiger partial charge >= 0.3 is 0 Å². The Hall–Kier alpha value is -0.690. The Kier molecular flexibility index (Phi) is 2.34. The molecule has 1 aromatic carbocycles. The van der Waals surface area contributed by atoms with Crippen molar-refractivity contribution < 1.29 is 0 Å². The topological polar surface area (TPSA) is 26.0 Å². The zero-order valence-electron chi connectivity index (χ0n) is 7.69. The lowest BCUT2D eigenvalue weighted by Gasteiger charge is -2.21. The first-order chi connectivity index (χ1) is 5.43. The van der Waals surface area contributed by atoms with Crippen LogP contribution in [-0.4, -0.2) is 0 Å². The monoisotopic (exact) mass is 183 g/mol. The maximum absolute atomic E-state index is 5.89. The fraction of sp³-hybridized carbons (Fsp3) is 0.400. The first-order valence-electron chi connectivity index (χ1n) is 3.97. The molecule has 12 heavy (non-hydrogen) atoms. The molecule has 0 aliphatic rings. The van der Waals surface area contributed by atoms with Gasteiger partial charge in [-0.1, -0.05) is 44.5 Å². The number of rotatable bonds is 0. The van der Waals surface area contributed by atoms with Gasteiger partial charge in [0.05, 0.1) is 10.7 Å². The smallest absolute Gasteiger partial charge is 0.0638 e.